The molecule has 0 spiro atoms. The second kappa shape index (κ2) is 8.28. The number of carbonyl (C=O) groups excluding carboxylic acids is 2. The lowest BCUT2D eigenvalue weighted by Gasteiger charge is -2.20. The van der Waals surface area contributed by atoms with E-state index in [0.29, 0.717) is 22.7 Å². The number of amides is 2. The highest BCUT2D eigenvalue weighted by atomic mass is 32.2. The van der Waals surface area contributed by atoms with Crippen LogP contribution in [0.2, 0.25) is 0 Å². The highest BCUT2D eigenvalue weighted by Crippen LogP contribution is 2.34. The van der Waals surface area contributed by atoms with E-state index < -0.39 is 0 Å². The lowest BCUT2D eigenvalue weighted by molar-refractivity contribution is -0.115. The van der Waals surface area contributed by atoms with E-state index in [0.717, 1.165) is 25.9 Å². The Kier molecular flexibility index (Phi) is 6.36. The molecule has 24 heavy (non-hydrogen) atoms. The number of hydrogen-bond acceptors (Lipinski definition) is 5. The maximum Gasteiger partial charge on any atom is 0.256 e. The predicted molar refractivity (Wildman–Crippen MR) is 96.3 cm³/mol. The summed E-state index contributed by atoms with van der Waals surface area (Å²) in [6, 6.07) is 3.28. The van der Waals surface area contributed by atoms with Crippen LogP contribution in [0.4, 0.5) is 5.69 Å². The van der Waals surface area contributed by atoms with Gasteiger partial charge >= 0.3 is 0 Å². The third-order valence-electron chi connectivity index (χ3n) is 4.13. The van der Waals surface area contributed by atoms with Crippen molar-refractivity contribution in [3.8, 4) is 11.5 Å². The van der Waals surface area contributed by atoms with Gasteiger partial charge in [0.15, 0.2) is 11.5 Å². The van der Waals surface area contributed by atoms with Gasteiger partial charge in [-0.1, -0.05) is 0 Å². The monoisotopic (exact) mass is 352 g/mol. The van der Waals surface area contributed by atoms with Gasteiger partial charge in [-0.25, -0.2) is 0 Å². The topological polar surface area (TPSA) is 67.9 Å². The number of hydrogen-bond donors (Lipinski definition) is 1. The van der Waals surface area contributed by atoms with Crippen LogP contribution in [0.5, 0.6) is 11.5 Å². The molecule has 132 valence electrons. The standard InChI is InChI=1S/C17H24N2O4S/c1-11(24-4)16(20)18-13-10-15(23-3)14(22-2)9-12(13)17(21)19-7-5-6-8-19/h9-11H,5-8H2,1-4H3,(H,18,20). The smallest absolute Gasteiger partial charge is 0.256 e. The number of nitrogens with zero attached hydrogens (tertiary/aromatic N) is 1. The van der Waals surface area contributed by atoms with Gasteiger partial charge in [-0.15, -0.1) is 0 Å². The zero-order valence-electron chi connectivity index (χ0n) is 14.5. The zero-order chi connectivity index (χ0) is 17.7. The minimum atomic E-state index is -0.215. The van der Waals surface area contributed by atoms with Crippen LogP contribution in [0, 0.1) is 0 Å². The Labute approximate surface area is 146 Å². The fraction of sp³-hybridized carbons (Fsp3) is 0.529. The molecule has 1 aromatic carbocycles. The molecule has 1 aromatic rings. The van der Waals surface area contributed by atoms with Gasteiger partial charge in [-0.3, -0.25) is 9.59 Å². The van der Waals surface area contributed by atoms with Crippen LogP contribution in [-0.4, -0.2) is 55.5 Å². The van der Waals surface area contributed by atoms with Gasteiger partial charge in [0.1, 0.15) is 0 Å². The summed E-state index contributed by atoms with van der Waals surface area (Å²) < 4.78 is 10.6. The Hall–Kier alpha value is -1.89. The SMILES string of the molecule is COc1cc(NC(=O)C(C)SC)c(C(=O)N2CCCC2)cc1OC. The van der Waals surface area contributed by atoms with Crippen LogP contribution >= 0.6 is 11.8 Å². The van der Waals surface area contributed by atoms with E-state index in [4.69, 9.17) is 9.47 Å². The van der Waals surface area contributed by atoms with E-state index in [-0.39, 0.29) is 17.1 Å². The first-order chi connectivity index (χ1) is 11.5. The molecule has 0 saturated carbocycles. The van der Waals surface area contributed by atoms with Crippen LogP contribution in [0.1, 0.15) is 30.1 Å². The summed E-state index contributed by atoms with van der Waals surface area (Å²) in [7, 11) is 3.05. The van der Waals surface area contributed by atoms with E-state index in [1.807, 2.05) is 13.2 Å². The van der Waals surface area contributed by atoms with E-state index in [9.17, 15) is 9.59 Å². The Bertz CT molecular complexity index is 615. The number of methoxy groups -OCH3 is 2. The van der Waals surface area contributed by atoms with Crippen LogP contribution in [-0.2, 0) is 4.79 Å². The highest BCUT2D eigenvalue weighted by molar-refractivity contribution is 7.99. The van der Waals surface area contributed by atoms with Gasteiger partial charge in [-0.05, 0) is 32.1 Å². The van der Waals surface area contributed by atoms with Gasteiger partial charge < -0.3 is 19.7 Å². The van der Waals surface area contributed by atoms with E-state index in [1.165, 1.54) is 26.0 Å². The summed E-state index contributed by atoms with van der Waals surface area (Å²) in [5, 5.41) is 2.63. The van der Waals surface area contributed by atoms with E-state index in [1.54, 1.807) is 17.0 Å². The van der Waals surface area contributed by atoms with Crippen LogP contribution < -0.4 is 14.8 Å². The van der Waals surface area contributed by atoms with Gasteiger partial charge in [0, 0.05) is 19.2 Å². The van der Waals surface area contributed by atoms with E-state index in [2.05, 4.69) is 5.32 Å². The molecule has 1 atom stereocenters. The molecule has 2 amide bonds. The predicted octanol–water partition coefficient (Wildman–Crippen LogP) is 2.63. The number of nitrogens with one attached hydrogen (secondary N) is 1. The number of likely N-dealkylation sites (tertiary alicyclic amines) is 1. The van der Waals surface area contributed by atoms with Gasteiger partial charge in [0.2, 0.25) is 5.91 Å². The lowest BCUT2D eigenvalue weighted by atomic mass is 10.1. The average molecular weight is 352 g/mol. The Morgan fingerprint density at radius 3 is 2.29 bits per heavy atom. The molecule has 1 aliphatic heterocycles. The molecule has 1 fully saturated rings. The summed E-state index contributed by atoms with van der Waals surface area (Å²) in [6.07, 6.45) is 3.88. The number of thioether (sulfide) groups is 1. The van der Waals surface area contributed by atoms with Gasteiger partial charge in [-0.2, -0.15) is 11.8 Å². The normalized spacial score (nSPS) is 15.1. The van der Waals surface area contributed by atoms with Crippen molar-refractivity contribution >= 4 is 29.3 Å². The van der Waals surface area contributed by atoms with Gasteiger partial charge in [0.05, 0.1) is 30.7 Å². The molecule has 7 heteroatoms. The van der Waals surface area contributed by atoms with Crippen molar-refractivity contribution in [1.29, 1.82) is 0 Å². The highest BCUT2D eigenvalue weighted by Gasteiger charge is 2.25. The first-order valence-corrected chi connectivity index (χ1v) is 9.19. The second-order valence-corrected chi connectivity index (χ2v) is 6.80. The molecule has 1 aliphatic rings. The molecular formula is C17H24N2O4S. The largest absolute Gasteiger partial charge is 0.493 e. The molecular weight excluding hydrogens is 328 g/mol. The number of benzene rings is 1. The third-order valence-corrected chi connectivity index (χ3v) is 5.05. The number of carbonyl (C=O) groups is 2. The Morgan fingerprint density at radius 1 is 1.17 bits per heavy atom. The van der Waals surface area contributed by atoms with Crippen molar-refractivity contribution in [1.82, 2.24) is 4.90 Å². The molecule has 0 aliphatic carbocycles. The van der Waals surface area contributed by atoms with Crippen molar-refractivity contribution in [2.75, 3.05) is 38.9 Å². The lowest BCUT2D eigenvalue weighted by Crippen LogP contribution is -2.30. The summed E-state index contributed by atoms with van der Waals surface area (Å²) in [6.45, 7) is 3.30. The van der Waals surface area contributed by atoms with Crippen molar-refractivity contribution in [3.63, 3.8) is 0 Å². The molecule has 1 heterocycles. The summed E-state index contributed by atoms with van der Waals surface area (Å²) in [5.74, 6) is 0.698. The molecule has 0 bridgehead atoms. The first kappa shape index (κ1) is 18.4. The van der Waals surface area contributed by atoms with Crippen molar-refractivity contribution in [3.05, 3.63) is 17.7 Å². The van der Waals surface area contributed by atoms with E-state index >= 15 is 0 Å². The number of anilines is 1. The quantitative estimate of drug-likeness (QED) is 0.852. The maximum atomic E-state index is 12.8. The maximum absolute atomic E-state index is 12.8. The molecule has 1 N–H and O–H groups in total. The summed E-state index contributed by atoms with van der Waals surface area (Å²) in [4.78, 5) is 26.9. The molecule has 2 rings (SSSR count). The Balaban J connectivity index is 2.41. The fourth-order valence-corrected chi connectivity index (χ4v) is 2.86. The third kappa shape index (κ3) is 3.95. The first-order valence-electron chi connectivity index (χ1n) is 7.90. The molecule has 0 aromatic heterocycles. The van der Waals surface area contributed by atoms with Crippen molar-refractivity contribution in [2.24, 2.45) is 0 Å². The fourth-order valence-electron chi connectivity index (χ4n) is 2.59. The number of rotatable bonds is 6. The molecule has 6 nitrogen and oxygen atoms in total. The molecule has 0 radical (unpaired) electrons. The van der Waals surface area contributed by atoms with Crippen LogP contribution in [0.25, 0.3) is 0 Å². The van der Waals surface area contributed by atoms with Gasteiger partial charge in [0.25, 0.3) is 5.91 Å². The zero-order valence-corrected chi connectivity index (χ0v) is 15.4. The van der Waals surface area contributed by atoms with Crippen LogP contribution in [0.15, 0.2) is 12.1 Å². The summed E-state index contributed by atoms with van der Waals surface area (Å²) >= 11 is 1.45. The molecule has 1 saturated heterocycles. The molecule has 1 unspecified atom stereocenters. The van der Waals surface area contributed by atoms with Crippen LogP contribution in [0.3, 0.4) is 0 Å². The average Bonchev–Trinajstić information content (AvgIpc) is 3.14. The van der Waals surface area contributed by atoms with Crippen molar-refractivity contribution < 1.29 is 19.1 Å². The number of ether oxygens (including phenoxy) is 2. The minimum absolute atomic E-state index is 0.0967. The van der Waals surface area contributed by atoms with Crippen molar-refractivity contribution in [2.45, 2.75) is 25.0 Å². The second-order valence-electron chi connectivity index (χ2n) is 5.62. The Morgan fingerprint density at radius 2 is 1.75 bits per heavy atom. The summed E-state index contributed by atoms with van der Waals surface area (Å²) in [5.41, 5.74) is 0.881. The minimum Gasteiger partial charge on any atom is -0.493 e.